The Morgan fingerprint density at radius 2 is 2.22 bits per heavy atom. The summed E-state index contributed by atoms with van der Waals surface area (Å²) in [6, 6.07) is 0. The van der Waals surface area contributed by atoms with E-state index in [-0.39, 0.29) is 5.91 Å². The van der Waals surface area contributed by atoms with Gasteiger partial charge in [-0.2, -0.15) is 5.10 Å². The summed E-state index contributed by atoms with van der Waals surface area (Å²) in [5.74, 6) is -0.164. The number of aromatic amines is 1. The number of aryl methyl sites for hydroxylation is 1. The molecule has 0 bridgehead atoms. The van der Waals surface area contributed by atoms with E-state index >= 15 is 0 Å². The van der Waals surface area contributed by atoms with Crippen LogP contribution in [0.1, 0.15) is 55.7 Å². The summed E-state index contributed by atoms with van der Waals surface area (Å²) in [6.45, 7) is 4.89. The molecule has 1 fully saturated rings. The lowest BCUT2D eigenvalue weighted by Gasteiger charge is -2.41. The Morgan fingerprint density at radius 1 is 1.50 bits per heavy atom. The summed E-state index contributed by atoms with van der Waals surface area (Å²) in [6.07, 6.45) is 5.56. The van der Waals surface area contributed by atoms with E-state index in [1.165, 1.54) is 19.3 Å². The van der Waals surface area contributed by atoms with Gasteiger partial charge in [-0.25, -0.2) is 0 Å². The van der Waals surface area contributed by atoms with Gasteiger partial charge in [0.05, 0.1) is 11.4 Å². The third-order valence-electron chi connectivity index (χ3n) is 4.24. The number of nitrogen functional groups attached to an aromatic ring is 1. The van der Waals surface area contributed by atoms with Crippen molar-refractivity contribution in [2.24, 2.45) is 5.41 Å². The van der Waals surface area contributed by atoms with Gasteiger partial charge >= 0.3 is 0 Å². The van der Waals surface area contributed by atoms with E-state index < -0.39 is 0 Å². The molecule has 0 aromatic carbocycles. The van der Waals surface area contributed by atoms with Gasteiger partial charge in [-0.1, -0.05) is 20.3 Å². The summed E-state index contributed by atoms with van der Waals surface area (Å²) in [5.41, 5.74) is 7.83. The van der Waals surface area contributed by atoms with Crippen molar-refractivity contribution in [2.75, 3.05) is 12.3 Å². The van der Waals surface area contributed by atoms with E-state index in [9.17, 15) is 4.79 Å². The van der Waals surface area contributed by atoms with E-state index in [1.54, 1.807) is 0 Å². The molecule has 0 aliphatic heterocycles. The highest BCUT2D eigenvalue weighted by atomic mass is 16.1. The quantitative estimate of drug-likeness (QED) is 0.746. The number of hydrogen-bond acceptors (Lipinski definition) is 3. The van der Waals surface area contributed by atoms with Crippen LogP contribution >= 0.6 is 0 Å². The molecule has 2 rings (SSSR count). The average Bonchev–Trinajstić information content (AvgIpc) is 2.69. The molecule has 1 aromatic rings. The Balaban J connectivity index is 1.97. The minimum Gasteiger partial charge on any atom is -0.395 e. The van der Waals surface area contributed by atoms with Crippen LogP contribution in [0.3, 0.4) is 0 Å². The third kappa shape index (κ3) is 2.21. The molecule has 1 amide bonds. The number of hydrogen-bond donors (Lipinski definition) is 3. The lowest BCUT2D eigenvalue weighted by molar-refractivity contribution is 0.0846. The van der Waals surface area contributed by atoms with Gasteiger partial charge in [-0.3, -0.25) is 9.89 Å². The number of amides is 1. The second kappa shape index (κ2) is 5.00. The minimum absolute atomic E-state index is 0.164. The number of nitrogens with two attached hydrogens (primary N) is 1. The Kier molecular flexibility index (Phi) is 3.59. The molecule has 0 radical (unpaired) electrons. The molecular formula is C13H22N4O. The van der Waals surface area contributed by atoms with Crippen LogP contribution in [0.4, 0.5) is 5.69 Å². The second-order valence-electron chi connectivity index (χ2n) is 5.21. The lowest BCUT2D eigenvalue weighted by atomic mass is 9.67. The maximum absolute atomic E-state index is 12.0. The van der Waals surface area contributed by atoms with E-state index in [2.05, 4.69) is 22.4 Å². The van der Waals surface area contributed by atoms with Crippen LogP contribution in [-0.4, -0.2) is 22.6 Å². The number of nitrogens with one attached hydrogen (secondary N) is 2. The van der Waals surface area contributed by atoms with Crippen LogP contribution in [0.2, 0.25) is 0 Å². The van der Waals surface area contributed by atoms with Crippen molar-refractivity contribution in [2.45, 2.75) is 46.0 Å². The number of H-pyrrole nitrogens is 1. The molecule has 1 aliphatic carbocycles. The maximum atomic E-state index is 12.0. The molecule has 1 heterocycles. The molecule has 5 nitrogen and oxygen atoms in total. The first-order valence-electron chi connectivity index (χ1n) is 6.73. The van der Waals surface area contributed by atoms with Crippen molar-refractivity contribution >= 4 is 11.6 Å². The number of carbonyl (C=O) groups is 1. The van der Waals surface area contributed by atoms with Crippen LogP contribution in [0.25, 0.3) is 0 Å². The van der Waals surface area contributed by atoms with Crippen molar-refractivity contribution in [3.63, 3.8) is 0 Å². The van der Waals surface area contributed by atoms with Gasteiger partial charge in [0, 0.05) is 6.54 Å². The third-order valence-corrected chi connectivity index (χ3v) is 4.24. The Morgan fingerprint density at radius 3 is 2.67 bits per heavy atom. The molecule has 0 unspecified atom stereocenters. The number of carbonyl (C=O) groups excluding carboxylic acids is 1. The van der Waals surface area contributed by atoms with Gasteiger partial charge in [0.2, 0.25) is 0 Å². The summed E-state index contributed by atoms with van der Waals surface area (Å²) in [5, 5.41) is 9.77. The Hall–Kier alpha value is -1.52. The normalized spacial score (nSPS) is 17.2. The molecule has 4 N–H and O–H groups in total. The molecule has 0 atom stereocenters. The van der Waals surface area contributed by atoms with Crippen LogP contribution in [0.5, 0.6) is 0 Å². The van der Waals surface area contributed by atoms with Gasteiger partial charge < -0.3 is 11.1 Å². The van der Waals surface area contributed by atoms with Gasteiger partial charge in [0.25, 0.3) is 5.91 Å². The van der Waals surface area contributed by atoms with Crippen LogP contribution in [0, 0.1) is 5.41 Å². The first-order valence-corrected chi connectivity index (χ1v) is 6.73. The molecule has 1 aliphatic rings. The standard InChI is InChI=1S/C13H22N4O/c1-3-9-10(14)11(17-16-9)12(18)15-8-13(4-2)6-5-7-13/h3-8,14H2,1-2H3,(H,15,18)(H,16,17). The highest BCUT2D eigenvalue weighted by molar-refractivity contribution is 5.97. The first-order chi connectivity index (χ1) is 8.62. The second-order valence-corrected chi connectivity index (χ2v) is 5.21. The lowest BCUT2D eigenvalue weighted by Crippen LogP contribution is -2.41. The first kappa shape index (κ1) is 12.9. The SMILES string of the molecule is CCc1[nH]nc(C(=O)NCC2(CC)CCC2)c1N. The zero-order chi connectivity index (χ0) is 13.2. The fourth-order valence-corrected chi connectivity index (χ4v) is 2.51. The zero-order valence-electron chi connectivity index (χ0n) is 11.2. The summed E-state index contributed by atoms with van der Waals surface area (Å²) in [7, 11) is 0. The topological polar surface area (TPSA) is 83.8 Å². The fraction of sp³-hybridized carbons (Fsp3) is 0.692. The number of aromatic nitrogens is 2. The van der Waals surface area contributed by atoms with Crippen LogP contribution in [0.15, 0.2) is 0 Å². The monoisotopic (exact) mass is 250 g/mol. The molecule has 100 valence electrons. The molecule has 0 spiro atoms. The van der Waals surface area contributed by atoms with Crippen molar-refractivity contribution < 1.29 is 4.79 Å². The minimum atomic E-state index is -0.164. The molecule has 1 aromatic heterocycles. The molecule has 18 heavy (non-hydrogen) atoms. The molecule has 5 heteroatoms. The predicted molar refractivity (Wildman–Crippen MR) is 71.3 cm³/mol. The van der Waals surface area contributed by atoms with E-state index in [4.69, 9.17) is 5.73 Å². The highest BCUT2D eigenvalue weighted by Crippen LogP contribution is 2.43. The van der Waals surface area contributed by atoms with Crippen molar-refractivity contribution in [1.82, 2.24) is 15.5 Å². The summed E-state index contributed by atoms with van der Waals surface area (Å²) in [4.78, 5) is 12.0. The van der Waals surface area contributed by atoms with Crippen molar-refractivity contribution in [3.8, 4) is 0 Å². The molecule has 0 saturated heterocycles. The molecular weight excluding hydrogens is 228 g/mol. The Bertz CT molecular complexity index is 429. The van der Waals surface area contributed by atoms with E-state index in [0.717, 1.165) is 25.1 Å². The van der Waals surface area contributed by atoms with Gasteiger partial charge in [-0.15, -0.1) is 0 Å². The summed E-state index contributed by atoms with van der Waals surface area (Å²) < 4.78 is 0. The van der Waals surface area contributed by atoms with E-state index in [1.807, 2.05) is 6.92 Å². The number of rotatable bonds is 5. The van der Waals surface area contributed by atoms with E-state index in [0.29, 0.717) is 16.8 Å². The average molecular weight is 250 g/mol. The fourth-order valence-electron chi connectivity index (χ4n) is 2.51. The van der Waals surface area contributed by atoms with Crippen molar-refractivity contribution in [1.29, 1.82) is 0 Å². The van der Waals surface area contributed by atoms with Crippen LogP contribution in [-0.2, 0) is 6.42 Å². The van der Waals surface area contributed by atoms with Crippen molar-refractivity contribution in [3.05, 3.63) is 11.4 Å². The molecule has 1 saturated carbocycles. The summed E-state index contributed by atoms with van der Waals surface area (Å²) >= 11 is 0. The number of nitrogens with zero attached hydrogens (tertiary/aromatic N) is 1. The van der Waals surface area contributed by atoms with Crippen LogP contribution < -0.4 is 11.1 Å². The van der Waals surface area contributed by atoms with Gasteiger partial charge in [-0.05, 0) is 31.1 Å². The van der Waals surface area contributed by atoms with Gasteiger partial charge in [0.1, 0.15) is 0 Å². The zero-order valence-corrected chi connectivity index (χ0v) is 11.2. The Labute approximate surface area is 108 Å². The van der Waals surface area contributed by atoms with Gasteiger partial charge in [0.15, 0.2) is 5.69 Å². The maximum Gasteiger partial charge on any atom is 0.273 e. The smallest absolute Gasteiger partial charge is 0.273 e. The predicted octanol–water partition coefficient (Wildman–Crippen LogP) is 1.86. The largest absolute Gasteiger partial charge is 0.395 e. The highest BCUT2D eigenvalue weighted by Gasteiger charge is 2.35. The number of anilines is 1.